The third-order valence-corrected chi connectivity index (χ3v) is 5.25. The molecule has 0 N–H and O–H groups in total. The minimum Gasteiger partial charge on any atom is -0.336 e. The fourth-order valence-electron chi connectivity index (χ4n) is 2.73. The van der Waals surface area contributed by atoms with Crippen LogP contribution in [0.25, 0.3) is 10.8 Å². The van der Waals surface area contributed by atoms with Gasteiger partial charge in [0, 0.05) is 24.2 Å². The monoisotopic (exact) mass is 310 g/mol. The lowest BCUT2D eigenvalue weighted by Crippen LogP contribution is -2.06. The molecular formula is C19H22N2S. The second kappa shape index (κ2) is 7.50. The van der Waals surface area contributed by atoms with Gasteiger partial charge in [0.25, 0.3) is 0 Å². The summed E-state index contributed by atoms with van der Waals surface area (Å²) in [5, 5.41) is 3.16. The molecule has 0 amide bonds. The molecule has 1 unspecified atom stereocenters. The summed E-state index contributed by atoms with van der Waals surface area (Å²) in [6.45, 7) is 3.23. The molecule has 2 aromatic carbocycles. The maximum Gasteiger partial charge on any atom is 0.0946 e. The smallest absolute Gasteiger partial charge is 0.0946 e. The Labute approximate surface area is 136 Å². The number of imidazole rings is 1. The quantitative estimate of drug-likeness (QED) is 0.550. The molecule has 1 atom stereocenters. The lowest BCUT2D eigenvalue weighted by Gasteiger charge is -2.19. The van der Waals surface area contributed by atoms with Gasteiger partial charge in [0.05, 0.1) is 6.33 Å². The van der Waals surface area contributed by atoms with E-state index in [-0.39, 0.29) is 0 Å². The summed E-state index contributed by atoms with van der Waals surface area (Å²) in [5.41, 5.74) is 1.44. The van der Waals surface area contributed by atoms with Crippen molar-refractivity contribution < 1.29 is 0 Å². The number of hydrogen-bond acceptors (Lipinski definition) is 2. The maximum absolute atomic E-state index is 4.18. The molecule has 22 heavy (non-hydrogen) atoms. The standard InChI is InChI=1S/C19H22N2S/c1-2-3-13-22-19(14-21-12-11-20-15-21)18-10-6-8-16-7-4-5-9-17(16)18/h4-12,15,19H,2-3,13-14H2,1H3. The summed E-state index contributed by atoms with van der Waals surface area (Å²) in [4.78, 5) is 4.18. The van der Waals surface area contributed by atoms with E-state index in [0.717, 1.165) is 6.54 Å². The zero-order chi connectivity index (χ0) is 15.2. The fraction of sp³-hybridized carbons (Fsp3) is 0.316. The van der Waals surface area contributed by atoms with Gasteiger partial charge in [-0.1, -0.05) is 55.8 Å². The molecule has 3 heteroatoms. The number of fused-ring (bicyclic) bond motifs is 1. The van der Waals surface area contributed by atoms with Crippen molar-refractivity contribution in [2.75, 3.05) is 5.75 Å². The molecule has 0 spiro atoms. The Morgan fingerprint density at radius 3 is 2.82 bits per heavy atom. The van der Waals surface area contributed by atoms with Gasteiger partial charge in [-0.05, 0) is 28.5 Å². The van der Waals surface area contributed by atoms with Crippen molar-refractivity contribution in [2.45, 2.75) is 31.6 Å². The van der Waals surface area contributed by atoms with Crippen LogP contribution in [0.4, 0.5) is 0 Å². The van der Waals surface area contributed by atoms with Crippen LogP contribution in [0.15, 0.2) is 61.2 Å². The molecule has 0 bridgehead atoms. The Balaban J connectivity index is 1.92. The van der Waals surface area contributed by atoms with Crippen LogP contribution in [0.3, 0.4) is 0 Å². The van der Waals surface area contributed by atoms with E-state index in [0.29, 0.717) is 5.25 Å². The predicted octanol–water partition coefficient (Wildman–Crippen LogP) is 5.31. The number of nitrogens with zero attached hydrogens (tertiary/aromatic N) is 2. The van der Waals surface area contributed by atoms with Gasteiger partial charge >= 0.3 is 0 Å². The summed E-state index contributed by atoms with van der Waals surface area (Å²) < 4.78 is 2.19. The number of rotatable bonds is 7. The molecule has 0 radical (unpaired) electrons. The van der Waals surface area contributed by atoms with E-state index in [1.165, 1.54) is 34.9 Å². The van der Waals surface area contributed by atoms with Gasteiger partial charge in [-0.2, -0.15) is 11.8 Å². The largest absolute Gasteiger partial charge is 0.336 e. The van der Waals surface area contributed by atoms with Gasteiger partial charge in [-0.25, -0.2) is 4.98 Å². The first-order valence-corrected chi connectivity index (χ1v) is 8.98. The average molecular weight is 310 g/mol. The topological polar surface area (TPSA) is 17.8 Å². The minimum atomic E-state index is 0.465. The van der Waals surface area contributed by atoms with Crippen molar-refractivity contribution in [3.8, 4) is 0 Å². The van der Waals surface area contributed by atoms with Crippen LogP contribution in [0.2, 0.25) is 0 Å². The van der Waals surface area contributed by atoms with Gasteiger partial charge < -0.3 is 4.57 Å². The summed E-state index contributed by atoms with van der Waals surface area (Å²) in [5.74, 6) is 1.21. The van der Waals surface area contributed by atoms with E-state index in [1.54, 1.807) is 0 Å². The summed E-state index contributed by atoms with van der Waals surface area (Å²) in [6.07, 6.45) is 8.35. The van der Waals surface area contributed by atoms with Crippen LogP contribution in [0, 0.1) is 0 Å². The van der Waals surface area contributed by atoms with Crippen LogP contribution in [0.1, 0.15) is 30.6 Å². The zero-order valence-corrected chi connectivity index (χ0v) is 13.8. The molecule has 2 nitrogen and oxygen atoms in total. The molecule has 0 saturated heterocycles. The Bertz CT molecular complexity index is 701. The number of aromatic nitrogens is 2. The van der Waals surface area contributed by atoms with Crippen molar-refractivity contribution in [3.63, 3.8) is 0 Å². The molecule has 0 fully saturated rings. The van der Waals surface area contributed by atoms with Crippen molar-refractivity contribution in [2.24, 2.45) is 0 Å². The minimum absolute atomic E-state index is 0.465. The molecule has 0 aliphatic rings. The molecule has 0 aliphatic carbocycles. The van der Waals surface area contributed by atoms with E-state index in [4.69, 9.17) is 0 Å². The highest BCUT2D eigenvalue weighted by Gasteiger charge is 2.15. The lowest BCUT2D eigenvalue weighted by molar-refractivity contribution is 0.685. The Kier molecular flexibility index (Phi) is 5.17. The summed E-state index contributed by atoms with van der Waals surface area (Å²) >= 11 is 2.06. The number of unbranched alkanes of at least 4 members (excludes halogenated alkanes) is 1. The third kappa shape index (κ3) is 3.53. The highest BCUT2D eigenvalue weighted by molar-refractivity contribution is 7.99. The molecule has 0 aliphatic heterocycles. The average Bonchev–Trinajstić information content (AvgIpc) is 3.07. The van der Waals surface area contributed by atoms with Gasteiger partial charge in [-0.15, -0.1) is 0 Å². The molecule has 114 valence electrons. The highest BCUT2D eigenvalue weighted by atomic mass is 32.2. The van der Waals surface area contributed by atoms with Gasteiger partial charge in [0.2, 0.25) is 0 Å². The van der Waals surface area contributed by atoms with Crippen LogP contribution in [0.5, 0.6) is 0 Å². The molecule has 1 heterocycles. The fourth-order valence-corrected chi connectivity index (χ4v) is 4.13. The highest BCUT2D eigenvalue weighted by Crippen LogP contribution is 2.35. The van der Waals surface area contributed by atoms with Crippen LogP contribution < -0.4 is 0 Å². The predicted molar refractivity (Wildman–Crippen MR) is 96.3 cm³/mol. The van der Waals surface area contributed by atoms with E-state index in [9.17, 15) is 0 Å². The Morgan fingerprint density at radius 1 is 1.14 bits per heavy atom. The van der Waals surface area contributed by atoms with Gasteiger partial charge in [0.15, 0.2) is 0 Å². The van der Waals surface area contributed by atoms with Crippen LogP contribution in [-0.2, 0) is 6.54 Å². The van der Waals surface area contributed by atoms with Crippen molar-refractivity contribution >= 4 is 22.5 Å². The third-order valence-electron chi connectivity index (χ3n) is 3.92. The Morgan fingerprint density at radius 2 is 2.00 bits per heavy atom. The second-order valence-corrected chi connectivity index (χ2v) is 6.85. The SMILES string of the molecule is CCCCSC(Cn1ccnc1)c1cccc2ccccc12. The number of thioether (sulfide) groups is 1. The second-order valence-electron chi connectivity index (χ2n) is 5.54. The van der Waals surface area contributed by atoms with Gasteiger partial charge in [-0.3, -0.25) is 0 Å². The van der Waals surface area contributed by atoms with E-state index < -0.39 is 0 Å². The number of benzene rings is 2. The summed E-state index contributed by atoms with van der Waals surface area (Å²) in [6, 6.07) is 15.3. The van der Waals surface area contributed by atoms with Crippen molar-refractivity contribution in [1.29, 1.82) is 0 Å². The van der Waals surface area contributed by atoms with Gasteiger partial charge in [0.1, 0.15) is 0 Å². The van der Waals surface area contributed by atoms with Crippen molar-refractivity contribution in [3.05, 3.63) is 66.7 Å². The number of hydrogen-bond donors (Lipinski definition) is 0. The first-order valence-electron chi connectivity index (χ1n) is 7.93. The zero-order valence-electron chi connectivity index (χ0n) is 13.0. The first-order chi connectivity index (χ1) is 10.9. The van der Waals surface area contributed by atoms with Crippen molar-refractivity contribution in [1.82, 2.24) is 9.55 Å². The van der Waals surface area contributed by atoms with E-state index >= 15 is 0 Å². The van der Waals surface area contributed by atoms with Crippen LogP contribution in [-0.4, -0.2) is 15.3 Å². The Hall–Kier alpha value is -1.74. The lowest BCUT2D eigenvalue weighted by atomic mass is 10.0. The normalized spacial score (nSPS) is 12.6. The maximum atomic E-state index is 4.18. The molecule has 0 saturated carbocycles. The first kappa shape index (κ1) is 15.2. The van der Waals surface area contributed by atoms with E-state index in [1.807, 2.05) is 12.5 Å². The van der Waals surface area contributed by atoms with E-state index in [2.05, 4.69) is 76.9 Å². The molecule has 3 aromatic rings. The molecule has 1 aromatic heterocycles. The molecule has 3 rings (SSSR count). The summed E-state index contributed by atoms with van der Waals surface area (Å²) in [7, 11) is 0. The van der Waals surface area contributed by atoms with Crippen LogP contribution >= 0.6 is 11.8 Å². The molecular weight excluding hydrogens is 288 g/mol.